The van der Waals surface area contributed by atoms with Crippen LogP contribution in [0, 0.1) is 5.92 Å². The van der Waals surface area contributed by atoms with Crippen molar-refractivity contribution >= 4 is 29.3 Å². The van der Waals surface area contributed by atoms with E-state index in [2.05, 4.69) is 15.4 Å². The fourth-order valence-corrected chi connectivity index (χ4v) is 4.40. The summed E-state index contributed by atoms with van der Waals surface area (Å²) in [4.78, 5) is 20.7. The first-order chi connectivity index (χ1) is 11.7. The first-order valence-corrected chi connectivity index (χ1v) is 9.65. The second kappa shape index (κ2) is 7.92. The van der Waals surface area contributed by atoms with Gasteiger partial charge in [0.1, 0.15) is 6.54 Å². The molecule has 2 fully saturated rings. The molecule has 2 aliphatic rings. The van der Waals surface area contributed by atoms with Crippen molar-refractivity contribution in [2.75, 3.05) is 49.6 Å². The molecular formula is C16H26N6OS. The van der Waals surface area contributed by atoms with Gasteiger partial charge in [-0.05, 0) is 30.3 Å². The van der Waals surface area contributed by atoms with Gasteiger partial charge in [-0.25, -0.2) is 0 Å². The molecule has 0 unspecified atom stereocenters. The summed E-state index contributed by atoms with van der Waals surface area (Å²) in [5.74, 6) is 4.16. The molecule has 1 amide bonds. The van der Waals surface area contributed by atoms with Crippen LogP contribution < -0.4 is 10.2 Å². The van der Waals surface area contributed by atoms with Crippen molar-refractivity contribution in [2.45, 2.75) is 12.8 Å². The highest BCUT2D eigenvalue weighted by atomic mass is 32.2. The monoisotopic (exact) mass is 350 g/mol. The van der Waals surface area contributed by atoms with Gasteiger partial charge in [0.25, 0.3) is 0 Å². The Labute approximate surface area is 147 Å². The zero-order chi connectivity index (χ0) is 16.9. The highest BCUT2D eigenvalue weighted by molar-refractivity contribution is 7.99. The van der Waals surface area contributed by atoms with Crippen LogP contribution >= 0.6 is 11.8 Å². The van der Waals surface area contributed by atoms with Gasteiger partial charge in [0.05, 0.1) is 11.9 Å². The molecule has 1 N–H and O–H groups in total. The van der Waals surface area contributed by atoms with E-state index in [1.54, 1.807) is 22.8 Å². The fourth-order valence-electron chi connectivity index (χ4n) is 3.19. The van der Waals surface area contributed by atoms with Gasteiger partial charge >= 0.3 is 0 Å². The lowest BCUT2D eigenvalue weighted by Crippen LogP contribution is -2.55. The fraction of sp³-hybridized carbons (Fsp3) is 0.688. The number of amides is 1. The molecule has 132 valence electrons. The van der Waals surface area contributed by atoms with Crippen LogP contribution in [0.5, 0.6) is 0 Å². The van der Waals surface area contributed by atoms with Gasteiger partial charge < -0.3 is 15.1 Å². The average Bonchev–Trinajstić information content (AvgIpc) is 3.02. The van der Waals surface area contributed by atoms with E-state index in [9.17, 15) is 4.79 Å². The Morgan fingerprint density at radius 3 is 2.83 bits per heavy atom. The van der Waals surface area contributed by atoms with E-state index in [1.807, 2.05) is 29.9 Å². The summed E-state index contributed by atoms with van der Waals surface area (Å²) in [6.45, 7) is 2.74. The van der Waals surface area contributed by atoms with Crippen molar-refractivity contribution in [1.29, 1.82) is 0 Å². The Kier molecular flexibility index (Phi) is 5.65. The Balaban J connectivity index is 1.54. The molecule has 2 saturated heterocycles. The highest BCUT2D eigenvalue weighted by Gasteiger charge is 2.28. The maximum atomic E-state index is 12.5. The SMILES string of the molecule is CN=C(NCC1CCSCC1)N1CCN(c2cnn(C)c2)C(=O)C1. The lowest BCUT2D eigenvalue weighted by Gasteiger charge is -2.36. The maximum absolute atomic E-state index is 12.5. The third kappa shape index (κ3) is 4.03. The molecule has 1 aromatic heterocycles. The van der Waals surface area contributed by atoms with Crippen LogP contribution in [0.1, 0.15) is 12.8 Å². The third-order valence-electron chi connectivity index (χ3n) is 4.62. The second-order valence-electron chi connectivity index (χ2n) is 6.32. The number of piperazine rings is 1. The van der Waals surface area contributed by atoms with Crippen LogP contribution in [0.3, 0.4) is 0 Å². The molecule has 3 heterocycles. The van der Waals surface area contributed by atoms with Gasteiger partial charge in [-0.1, -0.05) is 0 Å². The molecule has 8 heteroatoms. The number of hydrogen-bond acceptors (Lipinski definition) is 4. The summed E-state index contributed by atoms with van der Waals surface area (Å²) in [6, 6.07) is 0. The van der Waals surface area contributed by atoms with E-state index in [4.69, 9.17) is 0 Å². The molecule has 2 aliphatic heterocycles. The first-order valence-electron chi connectivity index (χ1n) is 8.49. The molecule has 0 radical (unpaired) electrons. The summed E-state index contributed by atoms with van der Waals surface area (Å²) in [6.07, 6.45) is 6.15. The lowest BCUT2D eigenvalue weighted by molar-refractivity contribution is -0.120. The third-order valence-corrected chi connectivity index (χ3v) is 5.67. The van der Waals surface area contributed by atoms with Crippen LogP contribution in [0.2, 0.25) is 0 Å². The molecule has 0 spiro atoms. The summed E-state index contributed by atoms with van der Waals surface area (Å²) in [7, 11) is 3.65. The predicted octanol–water partition coefficient (Wildman–Crippen LogP) is 0.787. The number of nitrogens with zero attached hydrogens (tertiary/aromatic N) is 5. The van der Waals surface area contributed by atoms with Crippen molar-refractivity contribution in [2.24, 2.45) is 18.0 Å². The molecule has 0 aliphatic carbocycles. The topological polar surface area (TPSA) is 65.8 Å². The van der Waals surface area contributed by atoms with Gasteiger partial charge in [-0.2, -0.15) is 16.9 Å². The van der Waals surface area contributed by atoms with Gasteiger partial charge in [-0.3, -0.25) is 14.5 Å². The zero-order valence-electron chi connectivity index (χ0n) is 14.4. The molecule has 0 bridgehead atoms. The number of guanidine groups is 1. The number of aromatic nitrogens is 2. The lowest BCUT2D eigenvalue weighted by atomic mass is 10.0. The Bertz CT molecular complexity index is 595. The Morgan fingerprint density at radius 2 is 2.21 bits per heavy atom. The number of aryl methyl sites for hydroxylation is 1. The van der Waals surface area contributed by atoms with Crippen LogP contribution in [0.15, 0.2) is 17.4 Å². The molecule has 0 aromatic carbocycles. The number of aliphatic imine (C=N–C) groups is 1. The van der Waals surface area contributed by atoms with Crippen LogP contribution in [0.25, 0.3) is 0 Å². The minimum Gasteiger partial charge on any atom is -0.356 e. The van der Waals surface area contributed by atoms with E-state index in [0.717, 1.165) is 30.7 Å². The number of carbonyl (C=O) groups excluding carboxylic acids is 1. The van der Waals surface area contributed by atoms with Gasteiger partial charge in [0.15, 0.2) is 5.96 Å². The minimum absolute atomic E-state index is 0.0891. The van der Waals surface area contributed by atoms with Crippen LogP contribution in [0.4, 0.5) is 5.69 Å². The molecule has 1 aromatic rings. The number of carbonyl (C=O) groups is 1. The van der Waals surface area contributed by atoms with E-state index in [0.29, 0.717) is 13.1 Å². The first kappa shape index (κ1) is 17.1. The largest absolute Gasteiger partial charge is 0.356 e. The maximum Gasteiger partial charge on any atom is 0.246 e. The van der Waals surface area contributed by atoms with Crippen molar-refractivity contribution < 1.29 is 4.79 Å². The van der Waals surface area contributed by atoms with Crippen molar-refractivity contribution in [3.63, 3.8) is 0 Å². The summed E-state index contributed by atoms with van der Waals surface area (Å²) in [5, 5.41) is 7.62. The van der Waals surface area contributed by atoms with Crippen LogP contribution in [-0.4, -0.2) is 71.3 Å². The number of nitrogens with one attached hydrogen (secondary N) is 1. The summed E-state index contributed by atoms with van der Waals surface area (Å²) < 4.78 is 1.72. The quantitative estimate of drug-likeness (QED) is 0.645. The molecule has 0 atom stereocenters. The minimum atomic E-state index is 0.0891. The molecule has 3 rings (SSSR count). The number of thioether (sulfide) groups is 1. The predicted molar refractivity (Wildman–Crippen MR) is 98.5 cm³/mol. The highest BCUT2D eigenvalue weighted by Crippen LogP contribution is 2.22. The number of hydrogen-bond donors (Lipinski definition) is 1. The summed E-state index contributed by atoms with van der Waals surface area (Å²) >= 11 is 2.04. The zero-order valence-corrected chi connectivity index (χ0v) is 15.3. The Morgan fingerprint density at radius 1 is 1.42 bits per heavy atom. The molecule has 24 heavy (non-hydrogen) atoms. The van der Waals surface area contributed by atoms with Gasteiger partial charge in [0, 0.05) is 39.9 Å². The van der Waals surface area contributed by atoms with Gasteiger partial charge in [0.2, 0.25) is 5.91 Å². The average molecular weight is 350 g/mol. The van der Waals surface area contributed by atoms with E-state index in [1.165, 1.54) is 24.3 Å². The standard InChI is InChI=1S/C16H26N6OS/c1-17-16(18-9-13-3-7-24-8-4-13)21-5-6-22(15(23)12-21)14-10-19-20(2)11-14/h10-11,13H,3-9,12H2,1-2H3,(H,17,18). The normalized spacial score (nSPS) is 20.6. The number of rotatable bonds is 3. The van der Waals surface area contributed by atoms with E-state index in [-0.39, 0.29) is 5.91 Å². The van der Waals surface area contributed by atoms with E-state index < -0.39 is 0 Å². The second-order valence-corrected chi connectivity index (χ2v) is 7.55. The van der Waals surface area contributed by atoms with Crippen molar-refractivity contribution in [3.05, 3.63) is 12.4 Å². The molecular weight excluding hydrogens is 324 g/mol. The van der Waals surface area contributed by atoms with Gasteiger partial charge in [-0.15, -0.1) is 0 Å². The molecule has 7 nitrogen and oxygen atoms in total. The van der Waals surface area contributed by atoms with E-state index >= 15 is 0 Å². The summed E-state index contributed by atoms with van der Waals surface area (Å²) in [5.41, 5.74) is 0.866. The van der Waals surface area contributed by atoms with Crippen molar-refractivity contribution in [1.82, 2.24) is 20.0 Å². The smallest absolute Gasteiger partial charge is 0.246 e. The van der Waals surface area contributed by atoms with Crippen molar-refractivity contribution in [3.8, 4) is 0 Å². The molecule has 0 saturated carbocycles. The van der Waals surface area contributed by atoms with Crippen LogP contribution in [-0.2, 0) is 11.8 Å². The number of anilines is 1. The Hall–Kier alpha value is -1.70.